The van der Waals surface area contributed by atoms with Crippen LogP contribution in [0.5, 0.6) is 0 Å². The van der Waals surface area contributed by atoms with Gasteiger partial charge >= 0.3 is 0 Å². The van der Waals surface area contributed by atoms with Gasteiger partial charge in [0.1, 0.15) is 0 Å². The summed E-state index contributed by atoms with van der Waals surface area (Å²) in [7, 11) is 0. The summed E-state index contributed by atoms with van der Waals surface area (Å²) >= 11 is 0. The highest BCUT2D eigenvalue weighted by Gasteiger charge is 2.27. The normalized spacial score (nSPS) is 20.5. The number of hydrogen-bond acceptors (Lipinski definition) is 1. The van der Waals surface area contributed by atoms with Gasteiger partial charge in [-0.05, 0) is 43.2 Å². The Bertz CT molecular complexity index is 186. The molecule has 0 heterocycles. The molecule has 1 aliphatic carbocycles. The quantitative estimate of drug-likeness (QED) is 0.667. The van der Waals surface area contributed by atoms with Crippen molar-refractivity contribution in [1.29, 1.82) is 0 Å². The van der Waals surface area contributed by atoms with Gasteiger partial charge in [-0.2, -0.15) is 0 Å². The second kappa shape index (κ2) is 7.41. The third kappa shape index (κ3) is 5.90. The van der Waals surface area contributed by atoms with Crippen molar-refractivity contribution >= 4 is 0 Å². The first-order valence-corrected chi connectivity index (χ1v) is 7.74. The van der Waals surface area contributed by atoms with Crippen molar-refractivity contribution in [2.75, 3.05) is 13.1 Å². The SMILES string of the molecule is CCCNCC(CC1CCCCC1)C(C)(C)C. The molecule has 0 aromatic carbocycles. The van der Waals surface area contributed by atoms with E-state index in [1.165, 1.54) is 58.0 Å². The molecule has 0 spiro atoms. The van der Waals surface area contributed by atoms with Crippen molar-refractivity contribution in [3.05, 3.63) is 0 Å². The Morgan fingerprint density at radius 2 is 1.76 bits per heavy atom. The van der Waals surface area contributed by atoms with Crippen molar-refractivity contribution in [2.24, 2.45) is 17.3 Å². The zero-order valence-corrected chi connectivity index (χ0v) is 12.5. The monoisotopic (exact) mass is 239 g/mol. The van der Waals surface area contributed by atoms with Crippen molar-refractivity contribution in [2.45, 2.75) is 72.6 Å². The van der Waals surface area contributed by atoms with E-state index in [1.54, 1.807) is 0 Å². The van der Waals surface area contributed by atoms with E-state index in [0.717, 1.165) is 11.8 Å². The van der Waals surface area contributed by atoms with Crippen LogP contribution in [0.1, 0.15) is 72.6 Å². The Hall–Kier alpha value is -0.0400. The van der Waals surface area contributed by atoms with Crippen molar-refractivity contribution in [3.63, 3.8) is 0 Å². The predicted octanol–water partition coefficient (Wildman–Crippen LogP) is 4.62. The smallest absolute Gasteiger partial charge is 0.00154 e. The largest absolute Gasteiger partial charge is 0.316 e. The molecule has 17 heavy (non-hydrogen) atoms. The molecule has 0 saturated heterocycles. The summed E-state index contributed by atoms with van der Waals surface area (Å²) in [5.41, 5.74) is 0.457. The predicted molar refractivity (Wildman–Crippen MR) is 77.3 cm³/mol. The summed E-state index contributed by atoms with van der Waals surface area (Å²) in [6, 6.07) is 0. The third-order valence-corrected chi connectivity index (χ3v) is 4.38. The van der Waals surface area contributed by atoms with Crippen LogP contribution < -0.4 is 5.32 Å². The molecule has 102 valence electrons. The Balaban J connectivity index is 2.39. The van der Waals surface area contributed by atoms with E-state index in [1.807, 2.05) is 0 Å². The molecule has 0 aromatic heterocycles. The van der Waals surface area contributed by atoms with Crippen molar-refractivity contribution in [1.82, 2.24) is 5.32 Å². The maximum absolute atomic E-state index is 3.63. The van der Waals surface area contributed by atoms with Crippen LogP contribution in [-0.4, -0.2) is 13.1 Å². The summed E-state index contributed by atoms with van der Waals surface area (Å²) in [5.74, 6) is 1.86. The number of nitrogens with one attached hydrogen (secondary N) is 1. The molecule has 0 radical (unpaired) electrons. The Kier molecular flexibility index (Phi) is 6.54. The molecule has 1 N–H and O–H groups in total. The van der Waals surface area contributed by atoms with Gasteiger partial charge in [-0.25, -0.2) is 0 Å². The van der Waals surface area contributed by atoms with Gasteiger partial charge in [0.2, 0.25) is 0 Å². The lowest BCUT2D eigenvalue weighted by atomic mass is 9.73. The van der Waals surface area contributed by atoms with Crippen LogP contribution in [0.4, 0.5) is 0 Å². The molecule has 0 aliphatic heterocycles. The molecule has 1 atom stereocenters. The first-order chi connectivity index (χ1) is 8.04. The average Bonchev–Trinajstić information content (AvgIpc) is 2.28. The van der Waals surface area contributed by atoms with Gasteiger partial charge in [-0.3, -0.25) is 0 Å². The third-order valence-electron chi connectivity index (χ3n) is 4.38. The van der Waals surface area contributed by atoms with Gasteiger partial charge < -0.3 is 5.32 Å². The second-order valence-corrected chi connectivity index (χ2v) is 7.01. The van der Waals surface area contributed by atoms with Gasteiger partial charge in [0.05, 0.1) is 0 Å². The van der Waals surface area contributed by atoms with Gasteiger partial charge in [0, 0.05) is 0 Å². The Labute approximate surface area is 109 Å². The van der Waals surface area contributed by atoms with E-state index in [9.17, 15) is 0 Å². The highest BCUT2D eigenvalue weighted by Crippen LogP contribution is 2.36. The van der Waals surface area contributed by atoms with Gasteiger partial charge in [0.25, 0.3) is 0 Å². The van der Waals surface area contributed by atoms with Crippen LogP contribution >= 0.6 is 0 Å². The maximum atomic E-state index is 3.63. The van der Waals surface area contributed by atoms with Crippen LogP contribution in [-0.2, 0) is 0 Å². The molecule has 0 amide bonds. The van der Waals surface area contributed by atoms with Gasteiger partial charge in [-0.1, -0.05) is 59.8 Å². The van der Waals surface area contributed by atoms with E-state index in [-0.39, 0.29) is 0 Å². The van der Waals surface area contributed by atoms with Crippen molar-refractivity contribution < 1.29 is 0 Å². The standard InChI is InChI=1S/C16H33N/c1-5-11-17-13-15(16(2,3)4)12-14-9-7-6-8-10-14/h14-15,17H,5-13H2,1-4H3. The highest BCUT2D eigenvalue weighted by molar-refractivity contribution is 4.80. The van der Waals surface area contributed by atoms with Crippen LogP contribution in [0.15, 0.2) is 0 Å². The van der Waals surface area contributed by atoms with E-state index >= 15 is 0 Å². The molecule has 1 aliphatic rings. The summed E-state index contributed by atoms with van der Waals surface area (Å²) in [6.07, 6.45) is 10.1. The van der Waals surface area contributed by atoms with Crippen molar-refractivity contribution in [3.8, 4) is 0 Å². The fraction of sp³-hybridized carbons (Fsp3) is 1.00. The highest BCUT2D eigenvalue weighted by atomic mass is 14.9. The zero-order valence-electron chi connectivity index (χ0n) is 12.5. The number of rotatable bonds is 6. The molecule has 0 aromatic rings. The molecule has 1 nitrogen and oxygen atoms in total. The molecule has 1 rings (SSSR count). The van der Waals surface area contributed by atoms with E-state index in [2.05, 4.69) is 33.0 Å². The topological polar surface area (TPSA) is 12.0 Å². The molecular formula is C16H33N. The first-order valence-electron chi connectivity index (χ1n) is 7.74. The molecule has 1 saturated carbocycles. The molecular weight excluding hydrogens is 206 g/mol. The van der Waals surface area contributed by atoms with Crippen LogP contribution in [0.3, 0.4) is 0 Å². The Morgan fingerprint density at radius 3 is 2.29 bits per heavy atom. The second-order valence-electron chi connectivity index (χ2n) is 7.01. The Morgan fingerprint density at radius 1 is 1.12 bits per heavy atom. The average molecular weight is 239 g/mol. The van der Waals surface area contributed by atoms with Gasteiger partial charge in [-0.15, -0.1) is 0 Å². The molecule has 1 unspecified atom stereocenters. The molecule has 0 bridgehead atoms. The fourth-order valence-corrected chi connectivity index (χ4v) is 3.02. The van der Waals surface area contributed by atoms with Gasteiger partial charge in [0.15, 0.2) is 0 Å². The van der Waals surface area contributed by atoms with Crippen LogP contribution in [0.25, 0.3) is 0 Å². The minimum atomic E-state index is 0.457. The first kappa shape index (κ1) is 15.0. The zero-order chi connectivity index (χ0) is 12.7. The molecule has 1 fully saturated rings. The van der Waals surface area contributed by atoms with Crippen LogP contribution in [0.2, 0.25) is 0 Å². The lowest BCUT2D eigenvalue weighted by Gasteiger charge is -2.35. The minimum Gasteiger partial charge on any atom is -0.316 e. The number of hydrogen-bond donors (Lipinski definition) is 1. The molecule has 1 heteroatoms. The van der Waals surface area contributed by atoms with E-state index < -0.39 is 0 Å². The fourth-order valence-electron chi connectivity index (χ4n) is 3.02. The summed E-state index contributed by atoms with van der Waals surface area (Å²) in [6.45, 7) is 11.9. The maximum Gasteiger partial charge on any atom is -0.00154 e. The summed E-state index contributed by atoms with van der Waals surface area (Å²) in [5, 5.41) is 3.63. The minimum absolute atomic E-state index is 0.457. The van der Waals surface area contributed by atoms with E-state index in [4.69, 9.17) is 0 Å². The lowest BCUT2D eigenvalue weighted by molar-refractivity contribution is 0.171. The lowest BCUT2D eigenvalue weighted by Crippen LogP contribution is -2.34. The van der Waals surface area contributed by atoms with Crippen LogP contribution in [0, 0.1) is 17.3 Å². The summed E-state index contributed by atoms with van der Waals surface area (Å²) < 4.78 is 0. The van der Waals surface area contributed by atoms with E-state index in [0.29, 0.717) is 5.41 Å². The summed E-state index contributed by atoms with van der Waals surface area (Å²) in [4.78, 5) is 0.